The van der Waals surface area contributed by atoms with Gasteiger partial charge in [-0.1, -0.05) is 0 Å². The molecule has 0 bridgehead atoms. The lowest BCUT2D eigenvalue weighted by molar-refractivity contribution is -0.904. The third-order valence-electron chi connectivity index (χ3n) is 3.76. The van der Waals surface area contributed by atoms with E-state index in [1.807, 2.05) is 6.92 Å². The van der Waals surface area contributed by atoms with Crippen LogP contribution in [0.3, 0.4) is 0 Å². The number of rotatable bonds is 8. The summed E-state index contributed by atoms with van der Waals surface area (Å²) in [6.07, 6.45) is 0. The Morgan fingerprint density at radius 1 is 1.12 bits per heavy atom. The van der Waals surface area contributed by atoms with Crippen molar-refractivity contribution in [1.29, 1.82) is 0 Å². The van der Waals surface area contributed by atoms with Gasteiger partial charge in [0.2, 0.25) is 5.76 Å². The Morgan fingerprint density at radius 3 is 2.44 bits per heavy atom. The molecule has 0 saturated heterocycles. The molecule has 1 aromatic carbocycles. The lowest BCUT2D eigenvalue weighted by Gasteiger charge is -2.16. The molecular formula is C18H23N2O5+. The number of furan rings is 1. The zero-order chi connectivity index (χ0) is 18.2. The summed E-state index contributed by atoms with van der Waals surface area (Å²) in [6.45, 7) is 3.52. The van der Waals surface area contributed by atoms with E-state index in [-0.39, 0.29) is 18.2 Å². The molecule has 2 aromatic rings. The second kappa shape index (κ2) is 8.89. The van der Waals surface area contributed by atoms with Crippen molar-refractivity contribution in [3.63, 3.8) is 0 Å². The number of quaternary nitrogens is 1. The number of carbonyl (C=O) groups is 2. The molecule has 2 rings (SSSR count). The standard InChI is InChI=1S/C18H22N2O5/c1-4-20(11-15-9-10-16(25-15)18(22)24-3)12-17(21)19-13-5-7-14(23-2)8-6-13/h5-10H,4,11-12H2,1-3H3,(H,19,21)/p+1. The van der Waals surface area contributed by atoms with Crippen molar-refractivity contribution < 1.29 is 28.4 Å². The second-order valence-electron chi connectivity index (χ2n) is 5.49. The number of methoxy groups -OCH3 is 2. The highest BCUT2D eigenvalue weighted by atomic mass is 16.5. The van der Waals surface area contributed by atoms with E-state index in [9.17, 15) is 9.59 Å². The molecule has 1 aromatic heterocycles. The Bertz CT molecular complexity index is 709. The minimum Gasteiger partial charge on any atom is -0.497 e. The number of esters is 1. The Hall–Kier alpha value is -2.80. The van der Waals surface area contributed by atoms with Gasteiger partial charge < -0.3 is 24.1 Å². The van der Waals surface area contributed by atoms with Crippen molar-refractivity contribution in [3.8, 4) is 5.75 Å². The van der Waals surface area contributed by atoms with E-state index < -0.39 is 5.97 Å². The zero-order valence-corrected chi connectivity index (χ0v) is 14.6. The maximum Gasteiger partial charge on any atom is 0.373 e. The first-order valence-corrected chi connectivity index (χ1v) is 8.00. The number of amides is 1. The Kier molecular flexibility index (Phi) is 6.59. The van der Waals surface area contributed by atoms with Gasteiger partial charge in [0.05, 0.1) is 20.8 Å². The molecule has 7 heteroatoms. The van der Waals surface area contributed by atoms with Gasteiger partial charge in [-0.05, 0) is 43.3 Å². The Balaban J connectivity index is 1.90. The normalized spacial score (nSPS) is 11.6. The van der Waals surface area contributed by atoms with Crippen LogP contribution in [0.4, 0.5) is 5.69 Å². The van der Waals surface area contributed by atoms with Crippen LogP contribution in [0.5, 0.6) is 5.75 Å². The van der Waals surface area contributed by atoms with E-state index in [0.29, 0.717) is 18.0 Å². The fourth-order valence-electron chi connectivity index (χ4n) is 2.35. The van der Waals surface area contributed by atoms with Gasteiger partial charge in [0.25, 0.3) is 5.91 Å². The monoisotopic (exact) mass is 347 g/mol. The smallest absolute Gasteiger partial charge is 0.373 e. The average Bonchev–Trinajstić information content (AvgIpc) is 3.09. The van der Waals surface area contributed by atoms with Crippen molar-refractivity contribution in [3.05, 3.63) is 47.9 Å². The molecule has 7 nitrogen and oxygen atoms in total. The predicted octanol–water partition coefficient (Wildman–Crippen LogP) is 1.12. The second-order valence-corrected chi connectivity index (χ2v) is 5.49. The third-order valence-corrected chi connectivity index (χ3v) is 3.76. The highest BCUT2D eigenvalue weighted by Crippen LogP contribution is 2.14. The summed E-state index contributed by atoms with van der Waals surface area (Å²) in [5.74, 6) is 0.923. The average molecular weight is 347 g/mol. The Morgan fingerprint density at radius 2 is 1.84 bits per heavy atom. The number of nitrogens with one attached hydrogen (secondary N) is 2. The van der Waals surface area contributed by atoms with Gasteiger partial charge >= 0.3 is 5.97 Å². The van der Waals surface area contributed by atoms with Crippen molar-refractivity contribution in [2.75, 3.05) is 32.6 Å². The minimum absolute atomic E-state index is 0.0956. The largest absolute Gasteiger partial charge is 0.497 e. The number of anilines is 1. The fourth-order valence-corrected chi connectivity index (χ4v) is 2.35. The van der Waals surface area contributed by atoms with E-state index >= 15 is 0 Å². The SMILES string of the molecule is CC[NH+](CC(=O)Nc1ccc(OC)cc1)Cc1ccc(C(=O)OC)o1. The zero-order valence-electron chi connectivity index (χ0n) is 14.6. The van der Waals surface area contributed by atoms with Crippen LogP contribution in [0.1, 0.15) is 23.2 Å². The van der Waals surface area contributed by atoms with Gasteiger partial charge in [0.15, 0.2) is 12.3 Å². The van der Waals surface area contributed by atoms with Crippen molar-refractivity contribution in [2.24, 2.45) is 0 Å². The highest BCUT2D eigenvalue weighted by molar-refractivity contribution is 5.91. The van der Waals surface area contributed by atoms with Crippen LogP contribution in [-0.2, 0) is 16.1 Å². The number of likely N-dealkylation sites (N-methyl/N-ethyl adjacent to an activating group) is 1. The molecule has 0 aliphatic carbocycles. The van der Waals surface area contributed by atoms with Gasteiger partial charge in [-0.25, -0.2) is 4.79 Å². The molecule has 0 fully saturated rings. The molecule has 0 radical (unpaired) electrons. The van der Waals surface area contributed by atoms with Crippen LogP contribution < -0.4 is 15.0 Å². The summed E-state index contributed by atoms with van der Waals surface area (Å²) in [6, 6.07) is 10.5. The lowest BCUT2D eigenvalue weighted by Crippen LogP contribution is -3.11. The quantitative estimate of drug-likeness (QED) is 0.699. The van der Waals surface area contributed by atoms with E-state index in [1.165, 1.54) is 7.11 Å². The van der Waals surface area contributed by atoms with Gasteiger partial charge in [-0.3, -0.25) is 4.79 Å². The number of hydrogen-bond acceptors (Lipinski definition) is 5. The first kappa shape index (κ1) is 18.5. The van der Waals surface area contributed by atoms with Gasteiger partial charge in [-0.15, -0.1) is 0 Å². The topological polar surface area (TPSA) is 82.2 Å². The van der Waals surface area contributed by atoms with Crippen LogP contribution in [0.25, 0.3) is 0 Å². The van der Waals surface area contributed by atoms with Crippen LogP contribution in [0, 0.1) is 0 Å². The van der Waals surface area contributed by atoms with E-state index in [2.05, 4.69) is 10.1 Å². The van der Waals surface area contributed by atoms with Crippen LogP contribution in [0.15, 0.2) is 40.8 Å². The molecule has 25 heavy (non-hydrogen) atoms. The summed E-state index contributed by atoms with van der Waals surface area (Å²) in [5, 5.41) is 2.86. The summed E-state index contributed by atoms with van der Waals surface area (Å²) in [4.78, 5) is 24.6. The summed E-state index contributed by atoms with van der Waals surface area (Å²) < 4.78 is 15.2. The molecule has 1 unspecified atom stereocenters. The minimum atomic E-state index is -0.512. The van der Waals surface area contributed by atoms with Crippen LogP contribution >= 0.6 is 0 Å². The molecule has 0 saturated carbocycles. The molecule has 1 atom stereocenters. The maximum atomic E-state index is 12.2. The number of hydrogen-bond donors (Lipinski definition) is 2. The first-order valence-electron chi connectivity index (χ1n) is 8.00. The molecular weight excluding hydrogens is 324 g/mol. The summed E-state index contributed by atoms with van der Waals surface area (Å²) >= 11 is 0. The molecule has 134 valence electrons. The molecule has 2 N–H and O–H groups in total. The number of ether oxygens (including phenoxy) is 2. The van der Waals surface area contributed by atoms with Crippen molar-refractivity contribution >= 4 is 17.6 Å². The van der Waals surface area contributed by atoms with Gasteiger partial charge in [0, 0.05) is 5.69 Å². The van der Waals surface area contributed by atoms with Crippen molar-refractivity contribution in [2.45, 2.75) is 13.5 Å². The molecule has 0 aliphatic heterocycles. The first-order chi connectivity index (χ1) is 12.0. The molecule has 0 spiro atoms. The van der Waals surface area contributed by atoms with Crippen LogP contribution in [0.2, 0.25) is 0 Å². The number of benzene rings is 1. The number of carbonyl (C=O) groups excluding carboxylic acids is 2. The van der Waals surface area contributed by atoms with Gasteiger partial charge in [-0.2, -0.15) is 0 Å². The predicted molar refractivity (Wildman–Crippen MR) is 91.7 cm³/mol. The molecule has 0 aliphatic rings. The fraction of sp³-hybridized carbons (Fsp3) is 0.333. The van der Waals surface area contributed by atoms with E-state index in [1.54, 1.807) is 43.5 Å². The van der Waals surface area contributed by atoms with Crippen LogP contribution in [-0.4, -0.2) is 39.2 Å². The van der Waals surface area contributed by atoms with E-state index in [0.717, 1.165) is 17.2 Å². The third kappa shape index (κ3) is 5.36. The molecule has 1 amide bonds. The molecule has 1 heterocycles. The lowest BCUT2D eigenvalue weighted by atomic mass is 10.3. The maximum absolute atomic E-state index is 12.2. The Labute approximate surface area is 146 Å². The van der Waals surface area contributed by atoms with E-state index in [4.69, 9.17) is 9.15 Å². The van der Waals surface area contributed by atoms with Gasteiger partial charge in [0.1, 0.15) is 12.3 Å². The highest BCUT2D eigenvalue weighted by Gasteiger charge is 2.17. The summed E-state index contributed by atoms with van der Waals surface area (Å²) in [5.41, 5.74) is 0.715. The van der Waals surface area contributed by atoms with Crippen molar-refractivity contribution in [1.82, 2.24) is 0 Å². The summed E-state index contributed by atoms with van der Waals surface area (Å²) in [7, 11) is 2.90.